The van der Waals surface area contributed by atoms with Crippen LogP contribution in [0.15, 0.2) is 47.1 Å². The zero-order valence-electron chi connectivity index (χ0n) is 11.7. The molecular weight excluding hydrogens is 330 g/mol. The van der Waals surface area contributed by atoms with Gasteiger partial charge in [0.25, 0.3) is 5.91 Å². The first-order valence-electron chi connectivity index (χ1n) is 6.90. The van der Waals surface area contributed by atoms with Crippen molar-refractivity contribution in [1.29, 1.82) is 0 Å². The van der Waals surface area contributed by atoms with Crippen molar-refractivity contribution in [3.05, 3.63) is 58.3 Å². The zero-order valence-corrected chi connectivity index (χ0v) is 13.3. The first kappa shape index (κ1) is 14.2. The van der Waals surface area contributed by atoms with Gasteiger partial charge in [-0.3, -0.25) is 4.79 Å². The fraction of sp³-hybridized carbons (Fsp3) is 0.250. The quantitative estimate of drug-likeness (QED) is 0.864. The number of halogens is 1. The number of pyridine rings is 1. The van der Waals surface area contributed by atoms with Crippen molar-refractivity contribution in [3.63, 3.8) is 0 Å². The first-order valence-corrected chi connectivity index (χ1v) is 7.70. The number of fused-ring (bicyclic) bond motifs is 1. The molecule has 2 heterocycles. The Kier molecular flexibility index (Phi) is 4.03. The van der Waals surface area contributed by atoms with Crippen LogP contribution in [0.3, 0.4) is 0 Å². The van der Waals surface area contributed by atoms with Gasteiger partial charge in [0, 0.05) is 35.5 Å². The van der Waals surface area contributed by atoms with Crippen LogP contribution in [-0.4, -0.2) is 23.5 Å². The maximum Gasteiger partial charge on any atom is 0.278 e. The number of aromatic nitrogens is 1. The SMILES string of the molecule is CC1CN(C(=O)c2ncccc2Br)c2ccccc2CN1. The highest BCUT2D eigenvalue weighted by Crippen LogP contribution is 2.26. The van der Waals surface area contributed by atoms with Gasteiger partial charge in [0.15, 0.2) is 0 Å². The third-order valence-electron chi connectivity index (χ3n) is 3.59. The molecule has 1 aliphatic heterocycles. The van der Waals surface area contributed by atoms with E-state index in [9.17, 15) is 4.79 Å². The number of nitrogens with zero attached hydrogens (tertiary/aromatic N) is 2. The van der Waals surface area contributed by atoms with E-state index in [0.717, 1.165) is 22.3 Å². The molecule has 2 aromatic rings. The van der Waals surface area contributed by atoms with Gasteiger partial charge in [-0.2, -0.15) is 0 Å². The lowest BCUT2D eigenvalue weighted by molar-refractivity contribution is 0.0980. The van der Waals surface area contributed by atoms with E-state index in [1.165, 1.54) is 0 Å². The third-order valence-corrected chi connectivity index (χ3v) is 4.23. The second-order valence-corrected chi connectivity index (χ2v) is 6.01. The van der Waals surface area contributed by atoms with Crippen LogP contribution in [0.25, 0.3) is 0 Å². The number of carbonyl (C=O) groups excluding carboxylic acids is 1. The fourth-order valence-electron chi connectivity index (χ4n) is 2.51. The van der Waals surface area contributed by atoms with Crippen molar-refractivity contribution in [3.8, 4) is 0 Å². The molecule has 0 aliphatic carbocycles. The van der Waals surface area contributed by atoms with E-state index in [4.69, 9.17) is 0 Å². The van der Waals surface area contributed by atoms with Crippen LogP contribution >= 0.6 is 15.9 Å². The molecule has 108 valence electrons. The number of para-hydroxylation sites is 1. The first-order chi connectivity index (χ1) is 10.2. The van der Waals surface area contributed by atoms with Gasteiger partial charge in [0.05, 0.1) is 0 Å². The molecule has 21 heavy (non-hydrogen) atoms. The molecule has 1 unspecified atom stereocenters. The van der Waals surface area contributed by atoms with Gasteiger partial charge in [-0.1, -0.05) is 18.2 Å². The number of hydrogen-bond acceptors (Lipinski definition) is 3. The van der Waals surface area contributed by atoms with Gasteiger partial charge in [-0.25, -0.2) is 4.98 Å². The van der Waals surface area contributed by atoms with Gasteiger partial charge in [0.1, 0.15) is 5.69 Å². The Labute approximate surface area is 132 Å². The highest BCUT2D eigenvalue weighted by Gasteiger charge is 2.26. The summed E-state index contributed by atoms with van der Waals surface area (Å²) in [6, 6.07) is 11.9. The average Bonchev–Trinajstić information content (AvgIpc) is 2.67. The molecule has 0 radical (unpaired) electrons. The molecule has 0 saturated heterocycles. The Morgan fingerprint density at radius 1 is 1.33 bits per heavy atom. The van der Waals surface area contributed by atoms with Gasteiger partial charge in [-0.05, 0) is 46.6 Å². The number of rotatable bonds is 1. The van der Waals surface area contributed by atoms with Crippen LogP contribution in [0.2, 0.25) is 0 Å². The molecule has 0 saturated carbocycles. The molecule has 1 aliphatic rings. The lowest BCUT2D eigenvalue weighted by atomic mass is 10.1. The smallest absolute Gasteiger partial charge is 0.278 e. The molecule has 1 amide bonds. The maximum absolute atomic E-state index is 12.9. The van der Waals surface area contributed by atoms with E-state index in [1.54, 1.807) is 12.3 Å². The molecule has 0 spiro atoms. The minimum absolute atomic E-state index is 0.0783. The summed E-state index contributed by atoms with van der Waals surface area (Å²) in [6.45, 7) is 3.48. The molecule has 0 bridgehead atoms. The van der Waals surface area contributed by atoms with Gasteiger partial charge in [0.2, 0.25) is 0 Å². The zero-order chi connectivity index (χ0) is 14.8. The van der Waals surface area contributed by atoms with E-state index in [-0.39, 0.29) is 11.9 Å². The average molecular weight is 346 g/mol. The summed E-state index contributed by atoms with van der Waals surface area (Å²) in [7, 11) is 0. The fourth-order valence-corrected chi connectivity index (χ4v) is 2.93. The Morgan fingerprint density at radius 2 is 2.14 bits per heavy atom. The lowest BCUT2D eigenvalue weighted by Gasteiger charge is -2.24. The second kappa shape index (κ2) is 5.95. The standard InChI is InChI=1S/C16H16BrN3O/c1-11-10-20(14-7-3-2-5-12(14)9-19-11)16(21)15-13(17)6-4-8-18-15/h2-8,11,19H,9-10H2,1H3. The Balaban J connectivity index is 2.04. The Hall–Kier alpha value is -1.72. The molecule has 1 aromatic heterocycles. The molecule has 3 rings (SSSR count). The monoisotopic (exact) mass is 345 g/mol. The van der Waals surface area contributed by atoms with E-state index in [1.807, 2.05) is 35.2 Å². The minimum Gasteiger partial charge on any atom is -0.308 e. The number of anilines is 1. The summed E-state index contributed by atoms with van der Waals surface area (Å²) >= 11 is 3.41. The molecule has 5 heteroatoms. The Bertz CT molecular complexity index is 674. The lowest BCUT2D eigenvalue weighted by Crippen LogP contribution is -2.40. The van der Waals surface area contributed by atoms with Crippen molar-refractivity contribution in [2.75, 3.05) is 11.4 Å². The van der Waals surface area contributed by atoms with E-state index < -0.39 is 0 Å². The predicted molar refractivity (Wildman–Crippen MR) is 86.4 cm³/mol. The summed E-state index contributed by atoms with van der Waals surface area (Å²) in [6.07, 6.45) is 1.64. The van der Waals surface area contributed by atoms with Crippen LogP contribution in [-0.2, 0) is 6.54 Å². The molecule has 4 nitrogen and oxygen atoms in total. The van der Waals surface area contributed by atoms with Gasteiger partial charge in [-0.15, -0.1) is 0 Å². The molecule has 1 N–H and O–H groups in total. The van der Waals surface area contributed by atoms with E-state index in [0.29, 0.717) is 12.2 Å². The number of carbonyl (C=O) groups is 1. The van der Waals surface area contributed by atoms with Crippen LogP contribution in [0.4, 0.5) is 5.69 Å². The highest BCUT2D eigenvalue weighted by atomic mass is 79.9. The second-order valence-electron chi connectivity index (χ2n) is 5.16. The van der Waals surface area contributed by atoms with Gasteiger partial charge < -0.3 is 10.2 Å². The van der Waals surface area contributed by atoms with Crippen molar-refractivity contribution in [1.82, 2.24) is 10.3 Å². The maximum atomic E-state index is 12.9. The summed E-state index contributed by atoms with van der Waals surface area (Å²) in [5.74, 6) is -0.0783. The Morgan fingerprint density at radius 3 is 2.95 bits per heavy atom. The van der Waals surface area contributed by atoms with Crippen molar-refractivity contribution in [2.24, 2.45) is 0 Å². The van der Waals surface area contributed by atoms with E-state index >= 15 is 0 Å². The normalized spacial score (nSPS) is 18.0. The number of benzene rings is 1. The van der Waals surface area contributed by atoms with Crippen molar-refractivity contribution in [2.45, 2.75) is 19.5 Å². The highest BCUT2D eigenvalue weighted by molar-refractivity contribution is 9.10. The molecular formula is C16H16BrN3O. The molecule has 1 aromatic carbocycles. The summed E-state index contributed by atoms with van der Waals surface area (Å²) < 4.78 is 0.720. The third kappa shape index (κ3) is 2.84. The topological polar surface area (TPSA) is 45.2 Å². The number of nitrogens with one attached hydrogen (secondary N) is 1. The number of amides is 1. The van der Waals surface area contributed by atoms with Crippen LogP contribution in [0.1, 0.15) is 23.0 Å². The van der Waals surface area contributed by atoms with Gasteiger partial charge >= 0.3 is 0 Å². The summed E-state index contributed by atoms with van der Waals surface area (Å²) in [5, 5.41) is 3.43. The van der Waals surface area contributed by atoms with Crippen LogP contribution in [0.5, 0.6) is 0 Å². The van der Waals surface area contributed by atoms with Crippen LogP contribution in [0, 0.1) is 0 Å². The molecule has 1 atom stereocenters. The number of hydrogen-bond donors (Lipinski definition) is 1. The van der Waals surface area contributed by atoms with Crippen molar-refractivity contribution < 1.29 is 4.79 Å². The molecule has 0 fully saturated rings. The summed E-state index contributed by atoms with van der Waals surface area (Å²) in [4.78, 5) is 18.9. The predicted octanol–water partition coefficient (Wildman–Crippen LogP) is 2.98. The van der Waals surface area contributed by atoms with Crippen molar-refractivity contribution >= 4 is 27.5 Å². The van der Waals surface area contributed by atoms with Crippen LogP contribution < -0.4 is 10.2 Å². The minimum atomic E-state index is -0.0783. The largest absolute Gasteiger partial charge is 0.308 e. The summed E-state index contributed by atoms with van der Waals surface area (Å²) in [5.41, 5.74) is 2.53. The van der Waals surface area contributed by atoms with E-state index in [2.05, 4.69) is 33.2 Å².